The van der Waals surface area contributed by atoms with E-state index >= 15 is 4.39 Å². The van der Waals surface area contributed by atoms with E-state index in [0.29, 0.717) is 56.1 Å². The number of pyridine rings is 1. The molecule has 1 aromatic carbocycles. The highest BCUT2D eigenvalue weighted by Gasteiger charge is 2.30. The number of carbonyl (C=O) groups excluding carboxylic acids is 1. The van der Waals surface area contributed by atoms with E-state index in [4.69, 9.17) is 4.74 Å². The molecule has 0 bridgehead atoms. The quantitative estimate of drug-likeness (QED) is 0.449. The Balaban J connectivity index is 1.54. The first-order chi connectivity index (χ1) is 20.0. The van der Waals surface area contributed by atoms with Crippen LogP contribution in [0.15, 0.2) is 41.6 Å². The Labute approximate surface area is 241 Å². The SMILES string of the molecule is CC1COCCN1c1ncc(-c2cc(NC(=O)c3c[nH]c(=O)cc3C(F)F)c(N3CC(C)N(C)C(C)C3)cc2F)cn1. The summed E-state index contributed by atoms with van der Waals surface area (Å²) in [5, 5.41) is 2.71. The summed E-state index contributed by atoms with van der Waals surface area (Å²) in [4.78, 5) is 42.4. The molecule has 1 amide bonds. The predicted molar refractivity (Wildman–Crippen MR) is 154 cm³/mol. The van der Waals surface area contributed by atoms with Crippen molar-refractivity contribution in [3.63, 3.8) is 0 Å². The van der Waals surface area contributed by atoms with Gasteiger partial charge in [-0.25, -0.2) is 23.1 Å². The summed E-state index contributed by atoms with van der Waals surface area (Å²) >= 11 is 0. The zero-order chi connectivity index (χ0) is 30.1. The Morgan fingerprint density at radius 2 is 1.79 bits per heavy atom. The molecular formula is C29H34F3N7O3. The Kier molecular flexibility index (Phi) is 8.50. The number of rotatable bonds is 6. The van der Waals surface area contributed by atoms with Crippen molar-refractivity contribution in [3.8, 4) is 11.1 Å². The number of alkyl halides is 2. The van der Waals surface area contributed by atoms with Gasteiger partial charge in [0.15, 0.2) is 0 Å². The molecule has 2 aliphatic rings. The lowest BCUT2D eigenvalue weighted by atomic mass is 10.0. The van der Waals surface area contributed by atoms with E-state index in [9.17, 15) is 18.4 Å². The van der Waals surface area contributed by atoms with Crippen LogP contribution in [0.25, 0.3) is 11.1 Å². The smallest absolute Gasteiger partial charge is 0.264 e. The summed E-state index contributed by atoms with van der Waals surface area (Å²) in [6, 6.07) is 3.87. The minimum atomic E-state index is -3.04. The van der Waals surface area contributed by atoms with Gasteiger partial charge in [-0.1, -0.05) is 0 Å². The highest BCUT2D eigenvalue weighted by molar-refractivity contribution is 6.07. The van der Waals surface area contributed by atoms with E-state index in [1.54, 1.807) is 0 Å². The number of nitrogens with one attached hydrogen (secondary N) is 2. The number of H-pyrrole nitrogens is 1. The van der Waals surface area contributed by atoms with Crippen LogP contribution in [0.3, 0.4) is 0 Å². The van der Waals surface area contributed by atoms with Gasteiger partial charge in [0.25, 0.3) is 12.3 Å². The van der Waals surface area contributed by atoms with Gasteiger partial charge in [0.05, 0.1) is 36.2 Å². The molecule has 3 unspecified atom stereocenters. The lowest BCUT2D eigenvalue weighted by Crippen LogP contribution is -2.55. The molecule has 2 aliphatic heterocycles. The van der Waals surface area contributed by atoms with Crippen molar-refractivity contribution in [2.45, 2.75) is 45.3 Å². The summed E-state index contributed by atoms with van der Waals surface area (Å²) < 4.78 is 48.7. The second kappa shape index (κ2) is 12.1. The number of benzene rings is 1. The van der Waals surface area contributed by atoms with Crippen LogP contribution in [-0.2, 0) is 4.74 Å². The molecule has 5 rings (SSSR count). The second-order valence-electron chi connectivity index (χ2n) is 10.9. The first kappa shape index (κ1) is 29.5. The maximum Gasteiger partial charge on any atom is 0.264 e. The van der Waals surface area contributed by atoms with Crippen LogP contribution in [-0.4, -0.2) is 83.8 Å². The predicted octanol–water partition coefficient (Wildman–Crippen LogP) is 3.91. The molecule has 0 radical (unpaired) electrons. The Hall–Kier alpha value is -3.97. The maximum atomic E-state index is 15.8. The first-order valence-corrected chi connectivity index (χ1v) is 13.8. The number of piperazine rings is 1. The summed E-state index contributed by atoms with van der Waals surface area (Å²) in [5.41, 5.74) is -0.645. The van der Waals surface area contributed by atoms with Crippen molar-refractivity contribution in [2.24, 2.45) is 0 Å². The highest BCUT2D eigenvalue weighted by Crippen LogP contribution is 2.36. The molecule has 2 fully saturated rings. The topological polar surface area (TPSA) is 107 Å². The molecule has 3 aromatic rings. The lowest BCUT2D eigenvalue weighted by Gasteiger charge is -2.44. The van der Waals surface area contributed by atoms with Crippen molar-refractivity contribution >= 4 is 23.2 Å². The summed E-state index contributed by atoms with van der Waals surface area (Å²) in [5.74, 6) is -0.905. The van der Waals surface area contributed by atoms with Gasteiger partial charge in [-0.2, -0.15) is 0 Å². The van der Waals surface area contributed by atoms with Crippen LogP contribution < -0.4 is 20.7 Å². The molecule has 4 heterocycles. The number of hydrogen-bond acceptors (Lipinski definition) is 8. The number of aromatic amines is 1. The standard InChI is InChI=1S/C29H34F3N7O3/c1-16-13-38(14-17(2)37(16)4)25-9-23(30)20(19-10-34-29(35-11-19)39-5-6-42-15-18(39)3)7-24(25)36-28(41)22-12-33-26(40)8-21(22)27(31)32/h7-12,16-18,27H,5-6,13-15H2,1-4H3,(H,33,40)(H,36,41). The zero-order valence-corrected chi connectivity index (χ0v) is 23.9. The number of ether oxygens (including phenoxy) is 1. The number of carbonyl (C=O) groups is 1. The number of morpholine rings is 1. The van der Waals surface area contributed by atoms with Gasteiger partial charge in [0, 0.05) is 73.1 Å². The van der Waals surface area contributed by atoms with Crippen LogP contribution in [0.5, 0.6) is 0 Å². The minimum absolute atomic E-state index is 0.0851. The normalized spacial score (nSPS) is 21.6. The molecular weight excluding hydrogens is 551 g/mol. The van der Waals surface area contributed by atoms with Gasteiger partial charge in [0.1, 0.15) is 5.82 Å². The van der Waals surface area contributed by atoms with E-state index in [2.05, 4.69) is 39.0 Å². The summed E-state index contributed by atoms with van der Waals surface area (Å²) in [6.45, 7) is 8.96. The van der Waals surface area contributed by atoms with E-state index in [1.807, 2.05) is 23.8 Å². The average molecular weight is 586 g/mol. The highest BCUT2D eigenvalue weighted by atomic mass is 19.3. The Bertz CT molecular complexity index is 1490. The zero-order valence-electron chi connectivity index (χ0n) is 23.9. The number of likely N-dealkylation sites (N-methyl/N-ethyl adjacent to an activating group) is 1. The van der Waals surface area contributed by atoms with Gasteiger partial charge in [-0.3, -0.25) is 14.5 Å². The van der Waals surface area contributed by atoms with Gasteiger partial charge in [0.2, 0.25) is 11.5 Å². The fourth-order valence-corrected chi connectivity index (χ4v) is 5.43. The Morgan fingerprint density at radius 1 is 1.10 bits per heavy atom. The minimum Gasteiger partial charge on any atom is -0.377 e. The molecule has 2 saturated heterocycles. The molecule has 13 heteroatoms. The van der Waals surface area contributed by atoms with Crippen LogP contribution in [0.1, 0.15) is 43.1 Å². The van der Waals surface area contributed by atoms with E-state index in [0.717, 1.165) is 6.20 Å². The number of anilines is 3. The molecule has 0 aliphatic carbocycles. The van der Waals surface area contributed by atoms with E-state index in [-0.39, 0.29) is 34.9 Å². The van der Waals surface area contributed by atoms with Crippen molar-refractivity contribution in [3.05, 3.63) is 64.1 Å². The summed E-state index contributed by atoms with van der Waals surface area (Å²) in [6.07, 6.45) is 0.957. The fourth-order valence-electron chi connectivity index (χ4n) is 5.43. The molecule has 10 nitrogen and oxygen atoms in total. The summed E-state index contributed by atoms with van der Waals surface area (Å²) in [7, 11) is 2.02. The Morgan fingerprint density at radius 3 is 2.43 bits per heavy atom. The molecule has 42 heavy (non-hydrogen) atoms. The monoisotopic (exact) mass is 585 g/mol. The van der Waals surface area contributed by atoms with Crippen LogP contribution in [0.4, 0.5) is 30.5 Å². The van der Waals surface area contributed by atoms with Crippen molar-refractivity contribution < 1.29 is 22.7 Å². The second-order valence-corrected chi connectivity index (χ2v) is 10.9. The molecule has 0 saturated carbocycles. The van der Waals surface area contributed by atoms with Crippen LogP contribution in [0, 0.1) is 5.82 Å². The van der Waals surface area contributed by atoms with E-state index in [1.165, 1.54) is 24.5 Å². The van der Waals surface area contributed by atoms with Crippen molar-refractivity contribution in [1.29, 1.82) is 0 Å². The molecule has 2 N–H and O–H groups in total. The van der Waals surface area contributed by atoms with Gasteiger partial charge >= 0.3 is 0 Å². The third-order valence-corrected chi connectivity index (χ3v) is 8.04. The first-order valence-electron chi connectivity index (χ1n) is 13.8. The van der Waals surface area contributed by atoms with E-state index < -0.39 is 29.3 Å². The number of aromatic nitrogens is 3. The average Bonchev–Trinajstić information content (AvgIpc) is 2.96. The maximum absolute atomic E-state index is 15.8. The number of hydrogen-bond donors (Lipinski definition) is 2. The molecule has 3 atom stereocenters. The van der Waals surface area contributed by atoms with Crippen molar-refractivity contribution in [1.82, 2.24) is 19.9 Å². The van der Waals surface area contributed by atoms with Gasteiger partial charge in [-0.05, 0) is 40.0 Å². The molecule has 2 aromatic heterocycles. The third kappa shape index (κ3) is 5.97. The number of amides is 1. The molecule has 224 valence electrons. The largest absolute Gasteiger partial charge is 0.377 e. The van der Waals surface area contributed by atoms with Crippen LogP contribution in [0.2, 0.25) is 0 Å². The fraction of sp³-hybridized carbons (Fsp3) is 0.448. The van der Waals surface area contributed by atoms with Crippen LogP contribution >= 0.6 is 0 Å². The lowest BCUT2D eigenvalue weighted by molar-refractivity contribution is 0.0981. The van der Waals surface area contributed by atoms with Gasteiger partial charge < -0.3 is 24.8 Å². The number of nitrogens with zero attached hydrogens (tertiary/aromatic N) is 5. The molecule has 0 spiro atoms. The number of halogens is 3. The third-order valence-electron chi connectivity index (χ3n) is 8.04. The van der Waals surface area contributed by atoms with Gasteiger partial charge in [-0.15, -0.1) is 0 Å². The van der Waals surface area contributed by atoms with Crippen molar-refractivity contribution in [2.75, 3.05) is 55.0 Å².